The van der Waals surface area contributed by atoms with Gasteiger partial charge < -0.3 is 5.11 Å². The molecule has 0 aromatic heterocycles. The maximum Gasteiger partial charge on any atom is 0.317 e. The molecule has 0 amide bonds. The lowest BCUT2D eigenvalue weighted by Gasteiger charge is -2.25. The molecule has 10 heavy (non-hydrogen) atoms. The lowest BCUT2D eigenvalue weighted by molar-refractivity contribution is -0.136. The van der Waals surface area contributed by atoms with E-state index in [9.17, 15) is 4.79 Å². The molecule has 0 aromatic carbocycles. The Kier molecular flexibility index (Phi) is 2.72. The molecule has 0 heterocycles. The van der Waals surface area contributed by atoms with Crippen molar-refractivity contribution >= 4 is 21.9 Å². The van der Waals surface area contributed by atoms with Crippen molar-refractivity contribution in [2.45, 2.75) is 30.5 Å². The van der Waals surface area contributed by atoms with Crippen molar-refractivity contribution in [3.63, 3.8) is 0 Å². The van der Waals surface area contributed by atoms with Crippen LogP contribution in [0.25, 0.3) is 0 Å². The molecule has 1 saturated carbocycles. The third kappa shape index (κ3) is 1.97. The summed E-state index contributed by atoms with van der Waals surface area (Å²) in [5.41, 5.74) is 0. The quantitative estimate of drug-likeness (QED) is 0.719. The molecule has 0 saturated heterocycles. The zero-order valence-corrected chi connectivity index (χ0v) is 7.30. The molecule has 0 aromatic rings. The lowest BCUT2D eigenvalue weighted by Crippen LogP contribution is -2.21. The molecule has 1 aliphatic carbocycles. The molecule has 1 aliphatic rings. The summed E-state index contributed by atoms with van der Waals surface area (Å²) in [4.78, 5) is 10.0. The largest absolute Gasteiger partial charge is 0.480 e. The van der Waals surface area contributed by atoms with Crippen LogP contribution in [0.3, 0.4) is 0 Å². The number of carbonyl (C=O) groups is 1. The molecule has 1 atom stereocenters. The number of carboxylic acids is 1. The molecule has 1 fully saturated rings. The maximum absolute atomic E-state index is 10.3. The first-order chi connectivity index (χ1) is 4.70. The summed E-state index contributed by atoms with van der Waals surface area (Å²) in [6.07, 6.45) is 4.52. The molecule has 0 radical (unpaired) electrons. The van der Waals surface area contributed by atoms with E-state index in [2.05, 4.69) is 15.9 Å². The van der Waals surface area contributed by atoms with Gasteiger partial charge in [-0.25, -0.2) is 0 Å². The van der Waals surface area contributed by atoms with Crippen LogP contribution in [0, 0.1) is 5.92 Å². The van der Waals surface area contributed by atoms with Crippen LogP contribution in [0.15, 0.2) is 0 Å². The van der Waals surface area contributed by atoms with Gasteiger partial charge in [0.2, 0.25) is 0 Å². The summed E-state index contributed by atoms with van der Waals surface area (Å²) in [5, 5.41) is 8.50. The van der Waals surface area contributed by atoms with E-state index in [0.717, 1.165) is 6.42 Å². The average Bonchev–Trinajstić information content (AvgIpc) is 1.77. The Morgan fingerprint density at radius 3 is 2.60 bits per heavy atom. The van der Waals surface area contributed by atoms with E-state index in [4.69, 9.17) is 5.11 Å². The Morgan fingerprint density at radius 2 is 2.30 bits per heavy atom. The summed E-state index contributed by atoms with van der Waals surface area (Å²) in [5.74, 6) is -0.0626. The summed E-state index contributed by atoms with van der Waals surface area (Å²) < 4.78 is 0. The molecule has 3 heteroatoms. The monoisotopic (exact) mass is 206 g/mol. The van der Waals surface area contributed by atoms with Crippen molar-refractivity contribution < 1.29 is 9.90 Å². The number of aliphatic carboxylic acids is 1. The van der Waals surface area contributed by atoms with Crippen molar-refractivity contribution in [1.82, 2.24) is 0 Å². The molecule has 0 unspecified atom stereocenters. The molecule has 0 spiro atoms. The van der Waals surface area contributed by atoms with Gasteiger partial charge in [0.1, 0.15) is 4.83 Å². The zero-order chi connectivity index (χ0) is 7.56. The third-order valence-electron chi connectivity index (χ3n) is 2.03. The van der Waals surface area contributed by atoms with E-state index in [-0.39, 0.29) is 4.83 Å². The van der Waals surface area contributed by atoms with E-state index >= 15 is 0 Å². The normalized spacial score (nSPS) is 21.7. The van der Waals surface area contributed by atoms with Crippen LogP contribution in [0.5, 0.6) is 0 Å². The summed E-state index contributed by atoms with van der Waals surface area (Å²) in [6.45, 7) is 0. The number of rotatable bonds is 3. The second kappa shape index (κ2) is 3.37. The molecular weight excluding hydrogens is 196 g/mol. The summed E-state index contributed by atoms with van der Waals surface area (Å²) in [7, 11) is 0. The van der Waals surface area contributed by atoms with Crippen LogP contribution in [0.2, 0.25) is 0 Å². The Hall–Kier alpha value is -0.0500. The van der Waals surface area contributed by atoms with E-state index in [1.807, 2.05) is 0 Å². The van der Waals surface area contributed by atoms with Gasteiger partial charge in [-0.1, -0.05) is 35.2 Å². The first kappa shape index (κ1) is 8.05. The van der Waals surface area contributed by atoms with Gasteiger partial charge in [0.05, 0.1) is 0 Å². The topological polar surface area (TPSA) is 37.3 Å². The number of hydrogen-bond acceptors (Lipinski definition) is 1. The number of halogens is 1. The number of hydrogen-bond donors (Lipinski definition) is 1. The SMILES string of the molecule is O=C(O)[C@H](Br)CC1CCC1. The Morgan fingerprint density at radius 1 is 1.70 bits per heavy atom. The highest BCUT2D eigenvalue weighted by atomic mass is 79.9. The van der Waals surface area contributed by atoms with Crippen LogP contribution in [0.4, 0.5) is 0 Å². The van der Waals surface area contributed by atoms with Gasteiger partial charge in [-0.2, -0.15) is 0 Å². The highest BCUT2D eigenvalue weighted by Gasteiger charge is 2.23. The fourth-order valence-corrected chi connectivity index (χ4v) is 1.65. The van der Waals surface area contributed by atoms with Gasteiger partial charge >= 0.3 is 5.97 Å². The highest BCUT2D eigenvalue weighted by molar-refractivity contribution is 9.10. The zero-order valence-electron chi connectivity index (χ0n) is 5.72. The molecule has 2 nitrogen and oxygen atoms in total. The second-order valence-electron chi connectivity index (χ2n) is 2.84. The van der Waals surface area contributed by atoms with Gasteiger partial charge in [-0.15, -0.1) is 0 Å². The van der Waals surface area contributed by atoms with Crippen molar-refractivity contribution in [2.24, 2.45) is 5.92 Å². The van der Waals surface area contributed by atoms with E-state index in [0.29, 0.717) is 5.92 Å². The van der Waals surface area contributed by atoms with Crippen molar-refractivity contribution in [3.05, 3.63) is 0 Å². The summed E-state index contributed by atoms with van der Waals surface area (Å²) >= 11 is 3.12. The van der Waals surface area contributed by atoms with Crippen molar-refractivity contribution in [1.29, 1.82) is 0 Å². The smallest absolute Gasteiger partial charge is 0.317 e. The molecular formula is C7H11BrO2. The van der Waals surface area contributed by atoms with Crippen molar-refractivity contribution in [3.8, 4) is 0 Å². The lowest BCUT2D eigenvalue weighted by atomic mass is 9.82. The van der Waals surface area contributed by atoms with Gasteiger partial charge in [-0.05, 0) is 12.3 Å². The molecule has 1 N–H and O–H groups in total. The van der Waals surface area contributed by atoms with Gasteiger partial charge in [0.15, 0.2) is 0 Å². The van der Waals surface area contributed by atoms with E-state index in [1.165, 1.54) is 19.3 Å². The van der Waals surface area contributed by atoms with Crippen LogP contribution >= 0.6 is 15.9 Å². The second-order valence-corrected chi connectivity index (χ2v) is 3.94. The first-order valence-electron chi connectivity index (χ1n) is 3.57. The van der Waals surface area contributed by atoms with E-state index < -0.39 is 5.97 Å². The van der Waals surface area contributed by atoms with Crippen molar-refractivity contribution in [2.75, 3.05) is 0 Å². The predicted octanol–water partition coefficient (Wildman–Crippen LogP) is 2.02. The Balaban J connectivity index is 2.16. The average molecular weight is 207 g/mol. The minimum absolute atomic E-state index is 0.321. The Bertz CT molecular complexity index is 132. The van der Waals surface area contributed by atoms with Gasteiger partial charge in [0.25, 0.3) is 0 Å². The van der Waals surface area contributed by atoms with Gasteiger partial charge in [0, 0.05) is 0 Å². The number of alkyl halides is 1. The molecule has 0 aliphatic heterocycles. The summed E-state index contributed by atoms with van der Waals surface area (Å²) in [6, 6.07) is 0. The standard InChI is InChI=1S/C7H11BrO2/c8-6(7(9)10)4-5-2-1-3-5/h5-6H,1-4H2,(H,9,10)/t6-/m1/s1. The predicted molar refractivity (Wildman–Crippen MR) is 42.3 cm³/mol. The molecule has 58 valence electrons. The molecule has 0 bridgehead atoms. The number of carboxylic acid groups (broad SMARTS) is 1. The third-order valence-corrected chi connectivity index (χ3v) is 2.80. The fourth-order valence-electron chi connectivity index (χ4n) is 1.12. The minimum atomic E-state index is -0.730. The first-order valence-corrected chi connectivity index (χ1v) is 4.48. The van der Waals surface area contributed by atoms with E-state index in [1.54, 1.807) is 0 Å². The van der Waals surface area contributed by atoms with Crippen LogP contribution in [0.1, 0.15) is 25.7 Å². The van der Waals surface area contributed by atoms with Crippen LogP contribution < -0.4 is 0 Å². The highest BCUT2D eigenvalue weighted by Crippen LogP contribution is 2.32. The maximum atomic E-state index is 10.3. The van der Waals surface area contributed by atoms with Gasteiger partial charge in [-0.3, -0.25) is 4.79 Å². The Labute approximate surface area is 68.7 Å². The molecule has 1 rings (SSSR count). The minimum Gasteiger partial charge on any atom is -0.480 e. The van der Waals surface area contributed by atoms with Crippen LogP contribution in [-0.2, 0) is 4.79 Å². The fraction of sp³-hybridized carbons (Fsp3) is 0.857. The van der Waals surface area contributed by atoms with Crippen LogP contribution in [-0.4, -0.2) is 15.9 Å².